The molecule has 1 aromatic heterocycles. The van der Waals surface area contributed by atoms with Gasteiger partial charge in [0.25, 0.3) is 5.56 Å². The largest absolute Gasteiger partial charge is 0.378 e. The molecular formula is C16H17ClN2O2. The van der Waals surface area contributed by atoms with E-state index in [1.54, 1.807) is 6.07 Å². The smallest absolute Gasteiger partial charge is 0.252 e. The zero-order valence-corrected chi connectivity index (χ0v) is 12.4. The number of hydrogen-bond donors (Lipinski definition) is 1. The highest BCUT2D eigenvalue weighted by molar-refractivity contribution is 6.17. The second-order valence-corrected chi connectivity index (χ2v) is 5.27. The summed E-state index contributed by atoms with van der Waals surface area (Å²) in [6, 6.07) is 11.9. The molecule has 5 heteroatoms. The number of morpholine rings is 1. The zero-order valence-electron chi connectivity index (χ0n) is 11.6. The van der Waals surface area contributed by atoms with Crippen LogP contribution in [0.5, 0.6) is 0 Å². The molecule has 1 aromatic carbocycles. The highest BCUT2D eigenvalue weighted by Gasteiger charge is 2.11. The Kier molecular flexibility index (Phi) is 4.27. The molecule has 0 aliphatic carbocycles. The van der Waals surface area contributed by atoms with Gasteiger partial charge in [-0.15, -0.1) is 11.6 Å². The van der Waals surface area contributed by atoms with Crippen molar-refractivity contribution in [2.75, 3.05) is 31.2 Å². The number of aromatic amines is 1. The Morgan fingerprint density at radius 2 is 1.81 bits per heavy atom. The van der Waals surface area contributed by atoms with Crippen LogP contribution in [0.25, 0.3) is 11.3 Å². The van der Waals surface area contributed by atoms with Gasteiger partial charge in [-0.05, 0) is 23.8 Å². The molecule has 4 nitrogen and oxygen atoms in total. The Balaban J connectivity index is 1.83. The maximum Gasteiger partial charge on any atom is 0.252 e. The van der Waals surface area contributed by atoms with Gasteiger partial charge in [0.15, 0.2) is 0 Å². The number of nitrogens with zero attached hydrogens (tertiary/aromatic N) is 1. The molecule has 1 fully saturated rings. The number of halogens is 1. The monoisotopic (exact) mass is 304 g/mol. The minimum Gasteiger partial charge on any atom is -0.378 e. The molecule has 1 N–H and O–H groups in total. The number of alkyl halides is 1. The first-order chi connectivity index (χ1) is 10.3. The van der Waals surface area contributed by atoms with Crippen LogP contribution in [0.4, 0.5) is 5.69 Å². The maximum absolute atomic E-state index is 11.8. The summed E-state index contributed by atoms with van der Waals surface area (Å²) < 4.78 is 5.36. The van der Waals surface area contributed by atoms with Crippen LogP contribution in [-0.2, 0) is 10.6 Å². The summed E-state index contributed by atoms with van der Waals surface area (Å²) in [7, 11) is 0. The van der Waals surface area contributed by atoms with E-state index in [-0.39, 0.29) is 11.4 Å². The minimum atomic E-state index is -0.125. The van der Waals surface area contributed by atoms with Crippen molar-refractivity contribution in [3.63, 3.8) is 0 Å². The third-order valence-corrected chi connectivity index (χ3v) is 3.98. The molecule has 1 saturated heterocycles. The number of benzene rings is 1. The molecule has 0 unspecified atom stereocenters. The first kappa shape index (κ1) is 14.2. The van der Waals surface area contributed by atoms with Crippen molar-refractivity contribution in [3.8, 4) is 11.3 Å². The van der Waals surface area contributed by atoms with Crippen LogP contribution in [-0.4, -0.2) is 31.3 Å². The second kappa shape index (κ2) is 6.33. The van der Waals surface area contributed by atoms with Crippen molar-refractivity contribution in [2.24, 2.45) is 0 Å². The lowest BCUT2D eigenvalue weighted by molar-refractivity contribution is 0.122. The first-order valence-electron chi connectivity index (χ1n) is 6.99. The maximum atomic E-state index is 11.8. The summed E-state index contributed by atoms with van der Waals surface area (Å²) in [5, 5.41) is 0. The fourth-order valence-corrected chi connectivity index (χ4v) is 2.66. The number of rotatable bonds is 3. The first-order valence-corrected chi connectivity index (χ1v) is 7.52. The van der Waals surface area contributed by atoms with Crippen LogP contribution < -0.4 is 10.5 Å². The number of hydrogen-bond acceptors (Lipinski definition) is 3. The van der Waals surface area contributed by atoms with E-state index < -0.39 is 0 Å². The molecule has 0 saturated carbocycles. The molecular weight excluding hydrogens is 288 g/mol. The third-order valence-electron chi connectivity index (χ3n) is 3.69. The van der Waals surface area contributed by atoms with Gasteiger partial charge in [-0.2, -0.15) is 0 Å². The fraction of sp³-hybridized carbons (Fsp3) is 0.312. The summed E-state index contributed by atoms with van der Waals surface area (Å²) in [6.07, 6.45) is 0. The highest BCUT2D eigenvalue weighted by atomic mass is 35.5. The van der Waals surface area contributed by atoms with E-state index in [1.807, 2.05) is 18.2 Å². The standard InChI is InChI=1S/C16H17ClN2O2/c17-11-13-3-6-15(18-16(13)20)12-1-4-14(5-2-12)19-7-9-21-10-8-19/h1-6H,7-11H2,(H,18,20). The zero-order chi connectivity index (χ0) is 14.7. The molecule has 2 aromatic rings. The van der Waals surface area contributed by atoms with Crippen molar-refractivity contribution >= 4 is 17.3 Å². The lowest BCUT2D eigenvalue weighted by Gasteiger charge is -2.28. The molecule has 21 heavy (non-hydrogen) atoms. The number of pyridine rings is 1. The van der Waals surface area contributed by atoms with Crippen molar-refractivity contribution in [1.29, 1.82) is 0 Å². The lowest BCUT2D eigenvalue weighted by atomic mass is 10.1. The van der Waals surface area contributed by atoms with Gasteiger partial charge < -0.3 is 14.6 Å². The Morgan fingerprint density at radius 3 is 2.43 bits per heavy atom. The Labute approximate surface area is 128 Å². The number of anilines is 1. The predicted molar refractivity (Wildman–Crippen MR) is 85.1 cm³/mol. The van der Waals surface area contributed by atoms with Crippen LogP contribution in [0, 0.1) is 0 Å². The van der Waals surface area contributed by atoms with E-state index in [1.165, 1.54) is 5.69 Å². The molecule has 0 radical (unpaired) electrons. The van der Waals surface area contributed by atoms with Crippen molar-refractivity contribution in [2.45, 2.75) is 5.88 Å². The molecule has 110 valence electrons. The van der Waals surface area contributed by atoms with E-state index in [9.17, 15) is 4.79 Å². The van der Waals surface area contributed by atoms with Crippen LogP contribution in [0.3, 0.4) is 0 Å². The molecule has 1 aliphatic heterocycles. The molecule has 0 amide bonds. The summed E-state index contributed by atoms with van der Waals surface area (Å²) >= 11 is 5.70. The lowest BCUT2D eigenvalue weighted by Crippen LogP contribution is -2.36. The Morgan fingerprint density at radius 1 is 1.10 bits per heavy atom. The molecule has 0 atom stereocenters. The SMILES string of the molecule is O=c1[nH]c(-c2ccc(N3CCOCC3)cc2)ccc1CCl. The van der Waals surface area contributed by atoms with E-state index in [0.717, 1.165) is 37.6 Å². The van der Waals surface area contributed by atoms with Crippen molar-refractivity contribution in [3.05, 3.63) is 52.3 Å². The minimum absolute atomic E-state index is 0.125. The second-order valence-electron chi connectivity index (χ2n) is 5.01. The van der Waals surface area contributed by atoms with E-state index in [2.05, 4.69) is 22.0 Å². The number of ether oxygens (including phenoxy) is 1. The van der Waals surface area contributed by atoms with Crippen LogP contribution in [0.1, 0.15) is 5.56 Å². The van der Waals surface area contributed by atoms with E-state index in [0.29, 0.717) is 5.56 Å². The van der Waals surface area contributed by atoms with Gasteiger partial charge in [0.2, 0.25) is 0 Å². The molecule has 2 heterocycles. The third kappa shape index (κ3) is 3.12. The molecule has 0 spiro atoms. The normalized spacial score (nSPS) is 15.2. The number of aromatic nitrogens is 1. The molecule has 0 bridgehead atoms. The summed E-state index contributed by atoms with van der Waals surface area (Å²) in [5.41, 5.74) is 3.44. The van der Waals surface area contributed by atoms with E-state index >= 15 is 0 Å². The Bertz CT molecular complexity index is 661. The van der Waals surface area contributed by atoms with Gasteiger partial charge >= 0.3 is 0 Å². The van der Waals surface area contributed by atoms with Gasteiger partial charge in [-0.25, -0.2) is 0 Å². The van der Waals surface area contributed by atoms with Gasteiger partial charge in [-0.3, -0.25) is 4.79 Å². The van der Waals surface area contributed by atoms with Gasteiger partial charge in [-0.1, -0.05) is 18.2 Å². The van der Waals surface area contributed by atoms with Crippen molar-refractivity contribution < 1.29 is 4.74 Å². The van der Waals surface area contributed by atoms with Gasteiger partial charge in [0.05, 0.1) is 19.1 Å². The summed E-state index contributed by atoms with van der Waals surface area (Å²) in [6.45, 7) is 3.38. The molecule has 1 aliphatic rings. The van der Waals surface area contributed by atoms with Crippen LogP contribution in [0.2, 0.25) is 0 Å². The van der Waals surface area contributed by atoms with E-state index in [4.69, 9.17) is 16.3 Å². The quantitative estimate of drug-likeness (QED) is 0.887. The highest BCUT2D eigenvalue weighted by Crippen LogP contribution is 2.22. The Hall–Kier alpha value is -1.78. The summed E-state index contributed by atoms with van der Waals surface area (Å²) in [4.78, 5) is 17.0. The summed E-state index contributed by atoms with van der Waals surface area (Å²) in [5.74, 6) is 0.228. The van der Waals surface area contributed by atoms with Gasteiger partial charge in [0.1, 0.15) is 0 Å². The predicted octanol–water partition coefficient (Wildman–Crippen LogP) is 2.62. The molecule has 3 rings (SSSR count). The average Bonchev–Trinajstić information content (AvgIpc) is 2.56. The average molecular weight is 305 g/mol. The van der Waals surface area contributed by atoms with Gasteiger partial charge in [0, 0.05) is 30.0 Å². The number of nitrogens with one attached hydrogen (secondary N) is 1. The van der Waals surface area contributed by atoms with Crippen LogP contribution in [0.15, 0.2) is 41.2 Å². The number of H-pyrrole nitrogens is 1. The van der Waals surface area contributed by atoms with Crippen LogP contribution >= 0.6 is 11.6 Å². The van der Waals surface area contributed by atoms with Crippen molar-refractivity contribution in [1.82, 2.24) is 4.98 Å². The topological polar surface area (TPSA) is 45.3 Å². The fourth-order valence-electron chi connectivity index (χ4n) is 2.45.